The van der Waals surface area contributed by atoms with Crippen LogP contribution in [0.4, 0.5) is 0 Å². The lowest BCUT2D eigenvalue weighted by atomic mass is 9.46. The van der Waals surface area contributed by atoms with Crippen LogP contribution in [0.25, 0.3) is 0 Å². The molecule has 136 valence electrons. The van der Waals surface area contributed by atoms with Crippen LogP contribution in [-0.2, 0) is 23.9 Å². The monoisotopic (exact) mass is 356 g/mol. The number of esters is 2. The Morgan fingerprint density at radius 1 is 1.23 bits per heavy atom. The number of carbonyl (C=O) groups excluding carboxylic acids is 3. The number of hydrogen-bond acceptors (Lipinski definition) is 6. The lowest BCUT2D eigenvalue weighted by Gasteiger charge is -2.52. The Kier molecular flexibility index (Phi) is 3.10. The van der Waals surface area contributed by atoms with Gasteiger partial charge >= 0.3 is 11.9 Å². The maximum atomic E-state index is 13.2. The van der Waals surface area contributed by atoms with E-state index in [1.54, 1.807) is 18.6 Å². The zero-order chi connectivity index (χ0) is 18.1. The van der Waals surface area contributed by atoms with Gasteiger partial charge in [-0.1, -0.05) is 13.0 Å². The molecule has 0 bridgehead atoms. The number of rotatable bonds is 1. The first kappa shape index (κ1) is 15.9. The molecule has 4 aliphatic rings. The van der Waals surface area contributed by atoms with Gasteiger partial charge in [-0.15, -0.1) is 0 Å². The van der Waals surface area contributed by atoms with Crippen molar-refractivity contribution in [1.82, 2.24) is 0 Å². The molecule has 6 nitrogen and oxygen atoms in total. The Bertz CT molecular complexity index is 836. The predicted octanol–water partition coefficient (Wildman–Crippen LogP) is 2.74. The van der Waals surface area contributed by atoms with Gasteiger partial charge in [-0.05, 0) is 30.7 Å². The van der Waals surface area contributed by atoms with Crippen LogP contribution in [0.3, 0.4) is 0 Å². The number of hydrogen-bond donors (Lipinski definition) is 0. The lowest BCUT2D eigenvalue weighted by Crippen LogP contribution is -2.59. The van der Waals surface area contributed by atoms with Crippen molar-refractivity contribution in [1.29, 1.82) is 0 Å². The van der Waals surface area contributed by atoms with Gasteiger partial charge in [0.05, 0.1) is 28.9 Å². The SMILES string of the molecule is C[C@@H]1CC(=O)[C@@]23COC(=O)C2=CCC[C@@H]3[C@@]12C[C@@H](c1ccoc1)OC2=O. The molecule has 5 rings (SSSR count). The third kappa shape index (κ3) is 1.70. The molecule has 26 heavy (non-hydrogen) atoms. The topological polar surface area (TPSA) is 82.8 Å². The molecule has 0 radical (unpaired) electrons. The van der Waals surface area contributed by atoms with Crippen LogP contribution in [-0.4, -0.2) is 24.3 Å². The second-order valence-electron chi connectivity index (χ2n) is 8.02. The van der Waals surface area contributed by atoms with Crippen LogP contribution in [0, 0.1) is 22.7 Å². The van der Waals surface area contributed by atoms with E-state index in [0.717, 1.165) is 5.56 Å². The number of furan rings is 1. The summed E-state index contributed by atoms with van der Waals surface area (Å²) in [5, 5.41) is 0. The molecule has 1 aromatic rings. The molecule has 2 spiro atoms. The summed E-state index contributed by atoms with van der Waals surface area (Å²) in [6, 6.07) is 1.81. The van der Waals surface area contributed by atoms with Gasteiger partial charge in [0.2, 0.25) is 0 Å². The molecular weight excluding hydrogens is 336 g/mol. The van der Waals surface area contributed by atoms with Crippen molar-refractivity contribution in [2.24, 2.45) is 22.7 Å². The van der Waals surface area contributed by atoms with Gasteiger partial charge in [-0.3, -0.25) is 9.59 Å². The summed E-state index contributed by atoms with van der Waals surface area (Å²) in [5.74, 6) is -1.04. The third-order valence-corrected chi connectivity index (χ3v) is 7.09. The normalized spacial score (nSPS) is 41.5. The van der Waals surface area contributed by atoms with Gasteiger partial charge in [0.25, 0.3) is 0 Å². The first-order valence-corrected chi connectivity index (χ1v) is 9.14. The summed E-state index contributed by atoms with van der Waals surface area (Å²) >= 11 is 0. The molecule has 0 unspecified atom stereocenters. The van der Waals surface area contributed by atoms with E-state index in [0.29, 0.717) is 24.8 Å². The summed E-state index contributed by atoms with van der Waals surface area (Å²) in [5.41, 5.74) is -0.460. The van der Waals surface area contributed by atoms with Crippen LogP contribution >= 0.6 is 0 Å². The number of fused-ring (bicyclic) bond motifs is 1. The highest BCUT2D eigenvalue weighted by molar-refractivity contribution is 6.05. The molecule has 0 aromatic carbocycles. The Hall–Kier alpha value is -2.37. The van der Waals surface area contributed by atoms with E-state index < -0.39 is 16.8 Å². The average molecular weight is 356 g/mol. The Balaban J connectivity index is 1.63. The van der Waals surface area contributed by atoms with Gasteiger partial charge < -0.3 is 13.9 Å². The number of Topliss-reactive ketones (excluding diaryl/α,β-unsaturated/α-hetero) is 1. The predicted molar refractivity (Wildman–Crippen MR) is 87.6 cm³/mol. The van der Waals surface area contributed by atoms with Crippen LogP contribution < -0.4 is 0 Å². The van der Waals surface area contributed by atoms with Crippen molar-refractivity contribution in [2.45, 2.75) is 38.7 Å². The largest absolute Gasteiger partial charge is 0.472 e. The number of cyclic esters (lactones) is 2. The Labute approximate surface area is 150 Å². The summed E-state index contributed by atoms with van der Waals surface area (Å²) in [6.07, 6.45) is 6.74. The fourth-order valence-corrected chi connectivity index (χ4v) is 5.82. The summed E-state index contributed by atoms with van der Waals surface area (Å²) in [7, 11) is 0. The average Bonchev–Trinajstić information content (AvgIpc) is 3.33. The smallest absolute Gasteiger partial charge is 0.334 e. The molecule has 6 heteroatoms. The van der Waals surface area contributed by atoms with Crippen molar-refractivity contribution < 1.29 is 28.3 Å². The van der Waals surface area contributed by atoms with E-state index in [9.17, 15) is 14.4 Å². The van der Waals surface area contributed by atoms with Crippen molar-refractivity contribution >= 4 is 17.7 Å². The summed E-state index contributed by atoms with van der Waals surface area (Å²) in [6.45, 7) is 2.01. The number of carbonyl (C=O) groups is 3. The first-order chi connectivity index (χ1) is 12.5. The van der Waals surface area contributed by atoms with E-state index in [1.807, 2.05) is 13.0 Å². The Morgan fingerprint density at radius 2 is 2.08 bits per heavy atom. The van der Waals surface area contributed by atoms with Crippen molar-refractivity contribution in [3.8, 4) is 0 Å². The van der Waals surface area contributed by atoms with Crippen molar-refractivity contribution in [2.75, 3.05) is 6.61 Å². The van der Waals surface area contributed by atoms with Crippen LogP contribution in [0.1, 0.15) is 44.3 Å². The third-order valence-electron chi connectivity index (χ3n) is 7.09. The molecule has 0 N–H and O–H groups in total. The molecule has 0 amide bonds. The Morgan fingerprint density at radius 3 is 2.85 bits per heavy atom. The molecule has 5 atom stereocenters. The van der Waals surface area contributed by atoms with E-state index in [-0.39, 0.29) is 42.7 Å². The van der Waals surface area contributed by atoms with Gasteiger partial charge in [-0.25, -0.2) is 4.79 Å². The minimum Gasteiger partial charge on any atom is -0.472 e. The number of allylic oxidation sites excluding steroid dienone is 1. The van der Waals surface area contributed by atoms with Gasteiger partial charge in [0.15, 0.2) is 0 Å². The minimum absolute atomic E-state index is 0.0250. The fraction of sp³-hybridized carbons (Fsp3) is 0.550. The van der Waals surface area contributed by atoms with E-state index in [4.69, 9.17) is 13.9 Å². The zero-order valence-electron chi connectivity index (χ0n) is 14.5. The van der Waals surface area contributed by atoms with Gasteiger partial charge in [0, 0.05) is 18.4 Å². The highest BCUT2D eigenvalue weighted by atomic mass is 16.6. The molecular formula is C20H20O6. The maximum Gasteiger partial charge on any atom is 0.334 e. The maximum absolute atomic E-state index is 13.2. The van der Waals surface area contributed by atoms with E-state index in [1.165, 1.54) is 0 Å². The molecule has 2 saturated heterocycles. The molecule has 1 saturated carbocycles. The van der Waals surface area contributed by atoms with Gasteiger partial charge in [0.1, 0.15) is 18.5 Å². The van der Waals surface area contributed by atoms with Crippen LogP contribution in [0.5, 0.6) is 0 Å². The molecule has 3 heterocycles. The standard InChI is InChI=1S/C20H20O6/c1-11-7-16(21)20-10-25-17(22)13(20)3-2-4-15(20)19(11)8-14(26-18(19)23)12-5-6-24-9-12/h3,5-6,9,11,14-15H,2,4,7-8,10H2,1H3/t11-,14+,15-,19-,20+/m1/s1. The highest BCUT2D eigenvalue weighted by Gasteiger charge is 2.71. The quantitative estimate of drug-likeness (QED) is 0.720. The second kappa shape index (κ2) is 5.09. The first-order valence-electron chi connectivity index (χ1n) is 9.14. The number of ether oxygens (including phenoxy) is 2. The van der Waals surface area contributed by atoms with Crippen molar-refractivity contribution in [3.63, 3.8) is 0 Å². The summed E-state index contributed by atoms with van der Waals surface area (Å²) < 4.78 is 16.2. The molecule has 1 aromatic heterocycles. The number of ketones is 1. The summed E-state index contributed by atoms with van der Waals surface area (Å²) in [4.78, 5) is 38.5. The van der Waals surface area contributed by atoms with E-state index >= 15 is 0 Å². The molecule has 2 aliphatic heterocycles. The fourth-order valence-electron chi connectivity index (χ4n) is 5.82. The van der Waals surface area contributed by atoms with Crippen LogP contribution in [0.2, 0.25) is 0 Å². The van der Waals surface area contributed by atoms with Crippen LogP contribution in [0.15, 0.2) is 34.7 Å². The molecule has 2 aliphatic carbocycles. The van der Waals surface area contributed by atoms with Gasteiger partial charge in [-0.2, -0.15) is 0 Å². The second-order valence-corrected chi connectivity index (χ2v) is 8.02. The molecule has 3 fully saturated rings. The van der Waals surface area contributed by atoms with E-state index in [2.05, 4.69) is 0 Å². The highest BCUT2D eigenvalue weighted by Crippen LogP contribution is 2.66. The van der Waals surface area contributed by atoms with Crippen molar-refractivity contribution in [3.05, 3.63) is 35.8 Å². The minimum atomic E-state index is -0.980. The lowest BCUT2D eigenvalue weighted by molar-refractivity contribution is -0.166. The zero-order valence-corrected chi connectivity index (χ0v) is 14.5.